The molecule has 0 radical (unpaired) electrons. The van der Waals surface area contributed by atoms with Gasteiger partial charge in [-0.15, -0.1) is 0 Å². The Bertz CT molecular complexity index is 942. The standard InChI is InChI=1S/C16H16N4O3S/c1-9(2)17-15(21)14-10(3)19-8-13(18-16(19)24-14)11-5-4-6-12(7-11)20(22)23/h4-9H,1-3H3,(H,17,21). The van der Waals surface area contributed by atoms with Crippen LogP contribution in [0.25, 0.3) is 16.2 Å². The van der Waals surface area contributed by atoms with Crippen LogP contribution in [0.4, 0.5) is 5.69 Å². The zero-order valence-electron chi connectivity index (χ0n) is 13.4. The number of imidazole rings is 1. The highest BCUT2D eigenvalue weighted by Crippen LogP contribution is 2.28. The summed E-state index contributed by atoms with van der Waals surface area (Å²) in [5.41, 5.74) is 2.14. The number of benzene rings is 1. The molecule has 0 aliphatic rings. The van der Waals surface area contributed by atoms with E-state index in [-0.39, 0.29) is 17.6 Å². The van der Waals surface area contributed by atoms with Crippen molar-refractivity contribution in [3.63, 3.8) is 0 Å². The lowest BCUT2D eigenvalue weighted by Crippen LogP contribution is -2.29. The molecule has 0 aliphatic heterocycles. The summed E-state index contributed by atoms with van der Waals surface area (Å²) < 4.78 is 1.84. The Labute approximate surface area is 142 Å². The molecule has 24 heavy (non-hydrogen) atoms. The van der Waals surface area contributed by atoms with Crippen molar-refractivity contribution in [1.29, 1.82) is 0 Å². The van der Waals surface area contributed by atoms with Crippen LogP contribution in [-0.4, -0.2) is 26.3 Å². The molecule has 0 aliphatic carbocycles. The molecule has 7 nitrogen and oxygen atoms in total. The summed E-state index contributed by atoms with van der Waals surface area (Å²) in [7, 11) is 0. The predicted molar refractivity (Wildman–Crippen MR) is 92.5 cm³/mol. The van der Waals surface area contributed by atoms with Gasteiger partial charge in [-0.25, -0.2) is 4.98 Å². The van der Waals surface area contributed by atoms with E-state index in [0.717, 1.165) is 5.69 Å². The van der Waals surface area contributed by atoms with E-state index in [9.17, 15) is 14.9 Å². The van der Waals surface area contributed by atoms with Crippen LogP contribution in [-0.2, 0) is 0 Å². The van der Waals surface area contributed by atoms with Gasteiger partial charge in [-0.3, -0.25) is 19.3 Å². The summed E-state index contributed by atoms with van der Waals surface area (Å²) in [6, 6.07) is 6.42. The lowest BCUT2D eigenvalue weighted by Gasteiger charge is -2.06. The molecule has 2 heterocycles. The van der Waals surface area contributed by atoms with Crippen molar-refractivity contribution in [2.24, 2.45) is 0 Å². The number of aryl methyl sites for hydroxylation is 1. The van der Waals surface area contributed by atoms with Crippen molar-refractivity contribution in [1.82, 2.24) is 14.7 Å². The predicted octanol–water partition coefficient (Wildman–Crippen LogP) is 3.42. The quantitative estimate of drug-likeness (QED) is 0.580. The minimum atomic E-state index is -0.429. The number of rotatable bonds is 4. The maximum absolute atomic E-state index is 12.2. The topological polar surface area (TPSA) is 89.5 Å². The highest BCUT2D eigenvalue weighted by atomic mass is 32.1. The second-order valence-corrected chi connectivity index (χ2v) is 6.71. The molecular formula is C16H16N4O3S. The van der Waals surface area contributed by atoms with Crippen LogP contribution < -0.4 is 5.32 Å². The van der Waals surface area contributed by atoms with Crippen molar-refractivity contribution in [3.8, 4) is 11.3 Å². The second-order valence-electron chi connectivity index (χ2n) is 5.73. The zero-order chi connectivity index (χ0) is 17.4. The Morgan fingerprint density at radius 2 is 2.17 bits per heavy atom. The fourth-order valence-corrected chi connectivity index (χ4v) is 3.42. The molecule has 3 aromatic rings. The number of hydrogen-bond donors (Lipinski definition) is 1. The number of thiazole rings is 1. The van der Waals surface area contributed by atoms with Crippen LogP contribution in [0.5, 0.6) is 0 Å². The number of carbonyl (C=O) groups is 1. The molecule has 1 aromatic carbocycles. The van der Waals surface area contributed by atoms with E-state index in [4.69, 9.17) is 0 Å². The zero-order valence-corrected chi connectivity index (χ0v) is 14.3. The molecule has 0 spiro atoms. The lowest BCUT2D eigenvalue weighted by atomic mass is 10.1. The number of non-ortho nitro benzene ring substituents is 1. The van der Waals surface area contributed by atoms with Crippen molar-refractivity contribution in [2.45, 2.75) is 26.8 Å². The Kier molecular flexibility index (Phi) is 4.06. The maximum atomic E-state index is 12.2. The Morgan fingerprint density at radius 3 is 2.79 bits per heavy atom. The van der Waals surface area contributed by atoms with Crippen molar-refractivity contribution in [2.75, 3.05) is 0 Å². The molecule has 8 heteroatoms. The molecule has 2 aromatic heterocycles. The van der Waals surface area contributed by atoms with Gasteiger partial charge in [0.05, 0.1) is 10.6 Å². The first-order valence-electron chi connectivity index (χ1n) is 7.41. The lowest BCUT2D eigenvalue weighted by molar-refractivity contribution is -0.384. The molecule has 0 bridgehead atoms. The highest BCUT2D eigenvalue weighted by Gasteiger charge is 2.19. The molecule has 0 saturated heterocycles. The molecule has 124 valence electrons. The van der Waals surface area contributed by atoms with Gasteiger partial charge in [0.2, 0.25) is 0 Å². The molecule has 1 amide bonds. The number of amides is 1. The number of hydrogen-bond acceptors (Lipinski definition) is 5. The molecule has 0 fully saturated rings. The minimum absolute atomic E-state index is 0.0255. The van der Waals surface area contributed by atoms with Crippen LogP contribution in [0.15, 0.2) is 30.5 Å². The highest BCUT2D eigenvalue weighted by molar-refractivity contribution is 7.19. The van der Waals surface area contributed by atoms with Gasteiger partial charge in [0, 0.05) is 35.6 Å². The van der Waals surface area contributed by atoms with Gasteiger partial charge >= 0.3 is 0 Å². The van der Waals surface area contributed by atoms with Crippen LogP contribution in [0, 0.1) is 17.0 Å². The Balaban J connectivity index is 2.00. The van der Waals surface area contributed by atoms with Crippen LogP contribution >= 0.6 is 11.3 Å². The van der Waals surface area contributed by atoms with Gasteiger partial charge in [-0.05, 0) is 20.8 Å². The third-order valence-electron chi connectivity index (χ3n) is 3.54. The van der Waals surface area contributed by atoms with Crippen LogP contribution in [0.2, 0.25) is 0 Å². The van der Waals surface area contributed by atoms with E-state index in [0.29, 0.717) is 21.1 Å². The first-order valence-corrected chi connectivity index (χ1v) is 8.22. The second kappa shape index (κ2) is 6.04. The number of nitrogens with one attached hydrogen (secondary N) is 1. The Hall–Kier alpha value is -2.74. The third-order valence-corrected chi connectivity index (χ3v) is 4.69. The maximum Gasteiger partial charge on any atom is 0.270 e. The van der Waals surface area contributed by atoms with Gasteiger partial charge in [0.25, 0.3) is 11.6 Å². The SMILES string of the molecule is Cc1c(C(=O)NC(C)C)sc2nc(-c3cccc([N+](=O)[O-])c3)cn12. The van der Waals surface area contributed by atoms with E-state index < -0.39 is 4.92 Å². The largest absolute Gasteiger partial charge is 0.349 e. The van der Waals surface area contributed by atoms with Crippen LogP contribution in [0.3, 0.4) is 0 Å². The smallest absolute Gasteiger partial charge is 0.270 e. The van der Waals surface area contributed by atoms with E-state index in [2.05, 4.69) is 10.3 Å². The van der Waals surface area contributed by atoms with Gasteiger partial charge in [-0.1, -0.05) is 23.5 Å². The molecule has 0 atom stereocenters. The van der Waals surface area contributed by atoms with Gasteiger partial charge in [0.15, 0.2) is 4.96 Å². The molecule has 0 saturated carbocycles. The summed E-state index contributed by atoms with van der Waals surface area (Å²) in [5.74, 6) is -0.116. The fourth-order valence-electron chi connectivity index (χ4n) is 2.41. The molecule has 0 unspecified atom stereocenters. The van der Waals surface area contributed by atoms with Crippen LogP contribution in [0.1, 0.15) is 29.2 Å². The Morgan fingerprint density at radius 1 is 1.42 bits per heavy atom. The van der Waals surface area contributed by atoms with Gasteiger partial charge in [0.1, 0.15) is 4.88 Å². The molecular weight excluding hydrogens is 328 g/mol. The number of fused-ring (bicyclic) bond motifs is 1. The summed E-state index contributed by atoms with van der Waals surface area (Å²) in [4.78, 5) is 28.5. The van der Waals surface area contributed by atoms with Gasteiger partial charge < -0.3 is 5.32 Å². The fraction of sp³-hybridized carbons (Fsp3) is 0.250. The van der Waals surface area contributed by atoms with E-state index >= 15 is 0 Å². The number of nitro groups is 1. The monoisotopic (exact) mass is 344 g/mol. The summed E-state index contributed by atoms with van der Waals surface area (Å²) >= 11 is 1.31. The summed E-state index contributed by atoms with van der Waals surface area (Å²) in [6.07, 6.45) is 1.80. The molecule has 3 rings (SSSR count). The third kappa shape index (κ3) is 2.88. The average Bonchev–Trinajstić information content (AvgIpc) is 3.07. The summed E-state index contributed by atoms with van der Waals surface area (Å²) in [5, 5.41) is 13.8. The number of aromatic nitrogens is 2. The van der Waals surface area contributed by atoms with Crippen molar-refractivity contribution in [3.05, 3.63) is 51.1 Å². The van der Waals surface area contributed by atoms with Crippen molar-refractivity contribution >= 4 is 27.9 Å². The first-order chi connectivity index (χ1) is 11.4. The first kappa shape index (κ1) is 16.1. The normalized spacial score (nSPS) is 11.2. The average molecular weight is 344 g/mol. The summed E-state index contributed by atoms with van der Waals surface area (Å²) in [6.45, 7) is 5.68. The number of nitro benzene ring substituents is 1. The van der Waals surface area contributed by atoms with Crippen molar-refractivity contribution < 1.29 is 9.72 Å². The van der Waals surface area contributed by atoms with Gasteiger partial charge in [-0.2, -0.15) is 0 Å². The number of carbonyl (C=O) groups excluding carboxylic acids is 1. The van der Waals surface area contributed by atoms with E-state index in [1.165, 1.54) is 23.5 Å². The van der Waals surface area contributed by atoms with E-state index in [1.807, 2.05) is 25.2 Å². The minimum Gasteiger partial charge on any atom is -0.349 e. The van der Waals surface area contributed by atoms with E-state index in [1.54, 1.807) is 18.3 Å². The number of nitrogens with zero attached hydrogens (tertiary/aromatic N) is 3. The molecule has 1 N–H and O–H groups in total.